The van der Waals surface area contributed by atoms with Crippen LogP contribution in [0.25, 0.3) is 0 Å². The summed E-state index contributed by atoms with van der Waals surface area (Å²) in [7, 11) is 0. The highest BCUT2D eigenvalue weighted by Gasteiger charge is 2.05. The first kappa shape index (κ1) is 10.5. The van der Waals surface area contributed by atoms with E-state index < -0.39 is 0 Å². The zero-order valence-electron chi connectivity index (χ0n) is 8.01. The van der Waals surface area contributed by atoms with Crippen molar-refractivity contribution in [2.75, 3.05) is 0 Å². The Morgan fingerprint density at radius 2 is 2.14 bits per heavy atom. The van der Waals surface area contributed by atoms with E-state index in [4.69, 9.17) is 0 Å². The number of ketones is 1. The number of carbonyl (C=O) groups is 1. The standard InChI is InChI=1S/C12H11FO/c1-2-3-7-11(14)9-10-6-4-5-8-12(10)13/h4-6,8H,7,9H2,1H3. The molecule has 0 aromatic heterocycles. The molecule has 0 fully saturated rings. The summed E-state index contributed by atoms with van der Waals surface area (Å²) in [6.45, 7) is 1.68. The van der Waals surface area contributed by atoms with Gasteiger partial charge in [0.15, 0.2) is 0 Å². The fourth-order valence-corrected chi connectivity index (χ4v) is 1.10. The summed E-state index contributed by atoms with van der Waals surface area (Å²) in [5, 5.41) is 0. The first-order valence-electron chi connectivity index (χ1n) is 4.38. The van der Waals surface area contributed by atoms with Crippen LogP contribution < -0.4 is 0 Å². The predicted molar refractivity (Wildman–Crippen MR) is 53.2 cm³/mol. The van der Waals surface area contributed by atoms with Crippen LogP contribution in [0.5, 0.6) is 0 Å². The topological polar surface area (TPSA) is 17.1 Å². The first-order chi connectivity index (χ1) is 6.74. The van der Waals surface area contributed by atoms with Gasteiger partial charge < -0.3 is 0 Å². The van der Waals surface area contributed by atoms with Crippen molar-refractivity contribution in [1.82, 2.24) is 0 Å². The Hall–Kier alpha value is -1.62. The number of hydrogen-bond donors (Lipinski definition) is 0. The van der Waals surface area contributed by atoms with Gasteiger partial charge in [0.2, 0.25) is 0 Å². The Bertz CT molecular complexity index is 385. The molecule has 0 N–H and O–H groups in total. The third-order valence-electron chi connectivity index (χ3n) is 1.81. The van der Waals surface area contributed by atoms with Crippen molar-refractivity contribution in [1.29, 1.82) is 0 Å². The molecule has 0 unspecified atom stereocenters. The summed E-state index contributed by atoms with van der Waals surface area (Å²) in [4.78, 5) is 11.3. The third kappa shape index (κ3) is 3.02. The smallest absolute Gasteiger partial charge is 0.149 e. The summed E-state index contributed by atoms with van der Waals surface area (Å²) in [5.41, 5.74) is 0.440. The van der Waals surface area contributed by atoms with E-state index in [2.05, 4.69) is 11.8 Å². The van der Waals surface area contributed by atoms with Crippen molar-refractivity contribution >= 4 is 5.78 Å². The maximum atomic E-state index is 13.1. The second-order valence-corrected chi connectivity index (χ2v) is 2.91. The lowest BCUT2D eigenvalue weighted by molar-refractivity contribution is -0.117. The molecule has 0 aliphatic carbocycles. The number of halogens is 1. The largest absolute Gasteiger partial charge is 0.298 e. The molecule has 0 aliphatic heterocycles. The molecule has 72 valence electrons. The van der Waals surface area contributed by atoms with E-state index in [0.717, 1.165) is 0 Å². The molecule has 0 bridgehead atoms. The maximum absolute atomic E-state index is 13.1. The van der Waals surface area contributed by atoms with Gasteiger partial charge in [-0.25, -0.2) is 4.39 Å². The zero-order chi connectivity index (χ0) is 10.4. The van der Waals surface area contributed by atoms with Crippen LogP contribution in [0.1, 0.15) is 18.9 Å². The van der Waals surface area contributed by atoms with Gasteiger partial charge in [-0.05, 0) is 18.6 Å². The molecule has 0 amide bonds. The second kappa shape index (κ2) is 5.18. The van der Waals surface area contributed by atoms with Gasteiger partial charge in [0.1, 0.15) is 11.6 Å². The summed E-state index contributed by atoms with van der Waals surface area (Å²) in [6, 6.07) is 6.30. The normalized spacial score (nSPS) is 9.00. The number of rotatable bonds is 3. The van der Waals surface area contributed by atoms with Crippen LogP contribution in [-0.2, 0) is 11.2 Å². The molecular weight excluding hydrogens is 179 g/mol. The molecule has 0 aliphatic rings. The van der Waals surface area contributed by atoms with Gasteiger partial charge in [0, 0.05) is 6.42 Å². The third-order valence-corrected chi connectivity index (χ3v) is 1.81. The minimum absolute atomic E-state index is 0.0514. The van der Waals surface area contributed by atoms with Crippen molar-refractivity contribution in [2.24, 2.45) is 0 Å². The fraction of sp³-hybridized carbons (Fsp3) is 0.250. The van der Waals surface area contributed by atoms with Crippen LogP contribution >= 0.6 is 0 Å². The highest BCUT2D eigenvalue weighted by Crippen LogP contribution is 2.07. The predicted octanol–water partition coefficient (Wildman–Crippen LogP) is 2.35. The van der Waals surface area contributed by atoms with Crippen LogP contribution in [0.2, 0.25) is 0 Å². The molecule has 0 heterocycles. The van der Waals surface area contributed by atoms with Crippen molar-refractivity contribution in [2.45, 2.75) is 19.8 Å². The molecule has 0 atom stereocenters. The van der Waals surface area contributed by atoms with Gasteiger partial charge >= 0.3 is 0 Å². The van der Waals surface area contributed by atoms with Crippen molar-refractivity contribution in [3.8, 4) is 11.8 Å². The molecule has 1 aromatic carbocycles. The minimum Gasteiger partial charge on any atom is -0.298 e. The molecule has 1 rings (SSSR count). The van der Waals surface area contributed by atoms with Gasteiger partial charge in [0.25, 0.3) is 0 Å². The molecule has 0 saturated carbocycles. The highest BCUT2D eigenvalue weighted by atomic mass is 19.1. The number of Topliss-reactive ketones (excluding diaryl/α,β-unsaturated/α-hetero) is 1. The van der Waals surface area contributed by atoms with E-state index in [1.807, 2.05) is 0 Å². The van der Waals surface area contributed by atoms with Gasteiger partial charge in [-0.3, -0.25) is 4.79 Å². The summed E-state index contributed by atoms with van der Waals surface area (Å²) in [5.74, 6) is 4.92. The number of benzene rings is 1. The highest BCUT2D eigenvalue weighted by molar-refractivity contribution is 5.83. The molecule has 1 aromatic rings. The Morgan fingerprint density at radius 3 is 2.79 bits per heavy atom. The first-order valence-corrected chi connectivity index (χ1v) is 4.38. The maximum Gasteiger partial charge on any atom is 0.149 e. The molecular formula is C12H11FO. The van der Waals surface area contributed by atoms with E-state index in [0.29, 0.717) is 5.56 Å². The van der Waals surface area contributed by atoms with Crippen molar-refractivity contribution in [3.05, 3.63) is 35.6 Å². The molecule has 14 heavy (non-hydrogen) atoms. The number of carbonyl (C=O) groups excluding carboxylic acids is 1. The van der Waals surface area contributed by atoms with Gasteiger partial charge in [-0.2, -0.15) is 0 Å². The van der Waals surface area contributed by atoms with E-state index in [1.54, 1.807) is 25.1 Å². The van der Waals surface area contributed by atoms with Gasteiger partial charge in [0.05, 0.1) is 6.42 Å². The van der Waals surface area contributed by atoms with Crippen LogP contribution in [0.3, 0.4) is 0 Å². The van der Waals surface area contributed by atoms with Crippen LogP contribution in [0, 0.1) is 17.7 Å². The summed E-state index contributed by atoms with van der Waals surface area (Å²) >= 11 is 0. The van der Waals surface area contributed by atoms with Crippen molar-refractivity contribution < 1.29 is 9.18 Å². The summed E-state index contributed by atoms with van der Waals surface area (Å²) < 4.78 is 13.1. The Balaban J connectivity index is 2.63. The lowest BCUT2D eigenvalue weighted by Crippen LogP contribution is -2.02. The Labute approximate surface area is 82.9 Å². The summed E-state index contributed by atoms with van der Waals surface area (Å²) in [6.07, 6.45) is 0.326. The quantitative estimate of drug-likeness (QED) is 0.669. The average Bonchev–Trinajstić information content (AvgIpc) is 2.18. The lowest BCUT2D eigenvalue weighted by Gasteiger charge is -1.99. The van der Waals surface area contributed by atoms with E-state index in [-0.39, 0.29) is 24.4 Å². The Morgan fingerprint density at radius 1 is 1.43 bits per heavy atom. The van der Waals surface area contributed by atoms with E-state index >= 15 is 0 Å². The average molecular weight is 190 g/mol. The monoisotopic (exact) mass is 190 g/mol. The van der Waals surface area contributed by atoms with Gasteiger partial charge in [-0.15, -0.1) is 5.92 Å². The zero-order valence-corrected chi connectivity index (χ0v) is 8.01. The van der Waals surface area contributed by atoms with Crippen LogP contribution in [0.4, 0.5) is 4.39 Å². The molecule has 0 radical (unpaired) electrons. The number of hydrogen-bond acceptors (Lipinski definition) is 1. The van der Waals surface area contributed by atoms with E-state index in [9.17, 15) is 9.18 Å². The second-order valence-electron chi connectivity index (χ2n) is 2.91. The Kier molecular flexibility index (Phi) is 3.87. The SMILES string of the molecule is CC#CCC(=O)Cc1ccccc1F. The lowest BCUT2D eigenvalue weighted by atomic mass is 10.1. The van der Waals surface area contributed by atoms with Crippen LogP contribution in [-0.4, -0.2) is 5.78 Å². The van der Waals surface area contributed by atoms with E-state index in [1.165, 1.54) is 6.07 Å². The minimum atomic E-state index is -0.328. The fourth-order valence-electron chi connectivity index (χ4n) is 1.10. The molecule has 1 nitrogen and oxygen atoms in total. The van der Waals surface area contributed by atoms with Crippen molar-refractivity contribution in [3.63, 3.8) is 0 Å². The van der Waals surface area contributed by atoms with Crippen LogP contribution in [0.15, 0.2) is 24.3 Å². The molecule has 0 spiro atoms. The van der Waals surface area contributed by atoms with Gasteiger partial charge in [-0.1, -0.05) is 24.1 Å². The molecule has 0 saturated heterocycles. The molecule has 2 heteroatoms.